The van der Waals surface area contributed by atoms with E-state index >= 15 is 0 Å². The molecule has 1 aliphatic rings. The second-order valence-corrected chi connectivity index (χ2v) is 5.38. The maximum absolute atomic E-state index is 12.2. The van der Waals surface area contributed by atoms with E-state index in [9.17, 15) is 14.7 Å². The van der Waals surface area contributed by atoms with Gasteiger partial charge in [0.2, 0.25) is 0 Å². The first kappa shape index (κ1) is 14.1. The minimum atomic E-state index is -1.02. The summed E-state index contributed by atoms with van der Waals surface area (Å²) in [5, 5.41) is 9.32. The highest BCUT2D eigenvalue weighted by Gasteiger charge is 2.46. The van der Waals surface area contributed by atoms with E-state index in [1.807, 2.05) is 0 Å². The first-order valence-electron chi connectivity index (χ1n) is 5.75. The van der Waals surface area contributed by atoms with E-state index in [0.29, 0.717) is 17.6 Å². The van der Waals surface area contributed by atoms with Gasteiger partial charge in [-0.15, -0.1) is 0 Å². The van der Waals surface area contributed by atoms with Crippen LogP contribution in [0.1, 0.15) is 17.0 Å². The number of furan rings is 1. The van der Waals surface area contributed by atoms with Gasteiger partial charge in [0.1, 0.15) is 5.41 Å². The van der Waals surface area contributed by atoms with E-state index in [-0.39, 0.29) is 24.8 Å². The first-order chi connectivity index (χ1) is 8.98. The van der Waals surface area contributed by atoms with Crippen LogP contribution in [0, 0.1) is 5.41 Å². The van der Waals surface area contributed by atoms with Crippen LogP contribution in [0.25, 0.3) is 0 Å². The molecule has 2 heterocycles. The predicted molar refractivity (Wildman–Crippen MR) is 68.9 cm³/mol. The molecule has 1 aliphatic heterocycles. The van der Waals surface area contributed by atoms with Crippen molar-refractivity contribution in [3.8, 4) is 0 Å². The van der Waals surface area contributed by atoms with Gasteiger partial charge >= 0.3 is 5.97 Å². The van der Waals surface area contributed by atoms with Crippen molar-refractivity contribution in [1.82, 2.24) is 4.90 Å². The Kier molecular flexibility index (Phi) is 3.96. The normalized spacial score (nSPS) is 22.7. The lowest BCUT2D eigenvalue weighted by atomic mass is 9.88. The van der Waals surface area contributed by atoms with Crippen LogP contribution in [0.4, 0.5) is 0 Å². The zero-order valence-corrected chi connectivity index (χ0v) is 12.0. The number of nitrogens with zero attached hydrogens (tertiary/aromatic N) is 1. The number of halogens is 1. The third-order valence-electron chi connectivity index (χ3n) is 3.30. The highest BCUT2D eigenvalue weighted by molar-refractivity contribution is 9.10. The van der Waals surface area contributed by atoms with Crippen LogP contribution in [-0.4, -0.2) is 48.7 Å². The first-order valence-corrected chi connectivity index (χ1v) is 6.55. The molecule has 1 aromatic heterocycles. The summed E-state index contributed by atoms with van der Waals surface area (Å²) < 4.78 is 10.6. The summed E-state index contributed by atoms with van der Waals surface area (Å²) in [5.74, 6) is -1.04. The zero-order valence-electron chi connectivity index (χ0n) is 10.4. The standard InChI is InChI=1S/C12H14BrNO5/c1-18-7-12(11(16)17)4-5-14(6-12)10(15)8-2-3-9(13)19-8/h2-3H,4-7H2,1H3,(H,16,17). The average molecular weight is 332 g/mol. The molecule has 1 N–H and O–H groups in total. The summed E-state index contributed by atoms with van der Waals surface area (Å²) in [6.45, 7) is 0.605. The lowest BCUT2D eigenvalue weighted by Gasteiger charge is -2.23. The Hall–Kier alpha value is -1.34. The Morgan fingerprint density at radius 3 is 2.84 bits per heavy atom. The fraction of sp³-hybridized carbons (Fsp3) is 0.500. The van der Waals surface area contributed by atoms with E-state index in [4.69, 9.17) is 9.15 Å². The van der Waals surface area contributed by atoms with Crippen LogP contribution >= 0.6 is 15.9 Å². The minimum Gasteiger partial charge on any atom is -0.481 e. The number of carbonyl (C=O) groups excluding carboxylic acids is 1. The molecular weight excluding hydrogens is 318 g/mol. The number of carbonyl (C=O) groups is 2. The molecule has 7 heteroatoms. The zero-order chi connectivity index (χ0) is 14.0. The number of amides is 1. The number of carboxylic acid groups (broad SMARTS) is 1. The lowest BCUT2D eigenvalue weighted by Crippen LogP contribution is -2.40. The van der Waals surface area contributed by atoms with Gasteiger partial charge in [0.05, 0.1) is 6.61 Å². The monoisotopic (exact) mass is 331 g/mol. The Morgan fingerprint density at radius 1 is 1.58 bits per heavy atom. The maximum atomic E-state index is 12.2. The highest BCUT2D eigenvalue weighted by atomic mass is 79.9. The molecule has 0 saturated carbocycles. The van der Waals surface area contributed by atoms with Gasteiger partial charge in [-0.25, -0.2) is 0 Å². The summed E-state index contributed by atoms with van der Waals surface area (Å²) in [6.07, 6.45) is 0.379. The van der Waals surface area contributed by atoms with Crippen molar-refractivity contribution in [3.63, 3.8) is 0 Å². The van der Waals surface area contributed by atoms with Crippen molar-refractivity contribution < 1.29 is 23.8 Å². The number of ether oxygens (including phenoxy) is 1. The van der Waals surface area contributed by atoms with Crippen molar-refractivity contribution in [1.29, 1.82) is 0 Å². The molecule has 1 fully saturated rings. The molecule has 0 radical (unpaired) electrons. The summed E-state index contributed by atoms with van der Waals surface area (Å²) in [5.41, 5.74) is -1.02. The van der Waals surface area contributed by atoms with E-state index in [1.165, 1.54) is 12.0 Å². The van der Waals surface area contributed by atoms with Gasteiger partial charge in [0, 0.05) is 20.2 Å². The number of hydrogen-bond acceptors (Lipinski definition) is 4. The van der Waals surface area contributed by atoms with Crippen LogP contribution in [0.3, 0.4) is 0 Å². The Morgan fingerprint density at radius 2 is 2.32 bits per heavy atom. The molecule has 0 spiro atoms. The summed E-state index contributed by atoms with van der Waals surface area (Å²) in [4.78, 5) is 25.0. The van der Waals surface area contributed by atoms with Gasteiger partial charge in [-0.2, -0.15) is 0 Å². The van der Waals surface area contributed by atoms with Gasteiger partial charge < -0.3 is 19.2 Å². The molecule has 0 bridgehead atoms. The quantitative estimate of drug-likeness (QED) is 0.906. The van der Waals surface area contributed by atoms with E-state index < -0.39 is 11.4 Å². The van der Waals surface area contributed by atoms with Gasteiger partial charge in [-0.3, -0.25) is 9.59 Å². The smallest absolute Gasteiger partial charge is 0.313 e. The van der Waals surface area contributed by atoms with Crippen molar-refractivity contribution in [2.24, 2.45) is 5.41 Å². The third kappa shape index (κ3) is 2.66. The molecule has 19 heavy (non-hydrogen) atoms. The van der Waals surface area contributed by atoms with Gasteiger partial charge in [0.25, 0.3) is 5.91 Å². The minimum absolute atomic E-state index is 0.0912. The molecule has 1 unspecified atom stereocenters. The van der Waals surface area contributed by atoms with Gasteiger partial charge in [0.15, 0.2) is 10.4 Å². The van der Waals surface area contributed by atoms with Crippen molar-refractivity contribution in [3.05, 3.63) is 22.6 Å². The van der Waals surface area contributed by atoms with E-state index in [2.05, 4.69) is 15.9 Å². The largest absolute Gasteiger partial charge is 0.481 e. The van der Waals surface area contributed by atoms with Gasteiger partial charge in [-0.05, 0) is 34.5 Å². The average Bonchev–Trinajstić information content (AvgIpc) is 2.96. The number of carboxylic acids is 1. The summed E-state index contributed by atoms with van der Waals surface area (Å²) in [7, 11) is 1.46. The number of methoxy groups -OCH3 is 1. The van der Waals surface area contributed by atoms with E-state index in [0.717, 1.165) is 0 Å². The highest BCUT2D eigenvalue weighted by Crippen LogP contribution is 2.32. The molecule has 0 aliphatic carbocycles. The fourth-order valence-electron chi connectivity index (χ4n) is 2.26. The van der Waals surface area contributed by atoms with Crippen molar-refractivity contribution >= 4 is 27.8 Å². The molecule has 2 rings (SSSR count). The SMILES string of the molecule is COCC1(C(=O)O)CCN(C(=O)c2ccc(Br)o2)C1. The van der Waals surface area contributed by atoms with Crippen molar-refractivity contribution in [2.45, 2.75) is 6.42 Å². The second kappa shape index (κ2) is 5.34. The number of rotatable bonds is 4. The summed E-state index contributed by atoms with van der Waals surface area (Å²) >= 11 is 3.13. The molecule has 6 nitrogen and oxygen atoms in total. The van der Waals surface area contributed by atoms with Crippen LogP contribution in [0.15, 0.2) is 21.2 Å². The van der Waals surface area contributed by atoms with Crippen LogP contribution < -0.4 is 0 Å². The van der Waals surface area contributed by atoms with Crippen LogP contribution in [0.2, 0.25) is 0 Å². The predicted octanol–water partition coefficient (Wildman–Crippen LogP) is 1.61. The Labute approximate surface area is 118 Å². The second-order valence-electron chi connectivity index (χ2n) is 4.60. The van der Waals surface area contributed by atoms with Crippen LogP contribution in [-0.2, 0) is 9.53 Å². The third-order valence-corrected chi connectivity index (χ3v) is 3.73. The topological polar surface area (TPSA) is 80.0 Å². The lowest BCUT2D eigenvalue weighted by molar-refractivity contribution is -0.151. The molecule has 1 aromatic rings. The molecule has 1 saturated heterocycles. The number of aliphatic carboxylic acids is 1. The molecular formula is C12H14BrNO5. The molecule has 104 valence electrons. The maximum Gasteiger partial charge on any atom is 0.313 e. The Bertz CT molecular complexity index is 500. The number of hydrogen-bond donors (Lipinski definition) is 1. The molecule has 1 amide bonds. The summed E-state index contributed by atoms with van der Waals surface area (Å²) in [6, 6.07) is 3.19. The van der Waals surface area contributed by atoms with Crippen LogP contribution in [0.5, 0.6) is 0 Å². The number of likely N-dealkylation sites (tertiary alicyclic amines) is 1. The molecule has 1 atom stereocenters. The Balaban J connectivity index is 2.13. The molecule has 0 aromatic carbocycles. The fourth-order valence-corrected chi connectivity index (χ4v) is 2.57. The van der Waals surface area contributed by atoms with Gasteiger partial charge in [-0.1, -0.05) is 0 Å². The van der Waals surface area contributed by atoms with E-state index in [1.54, 1.807) is 12.1 Å². The van der Waals surface area contributed by atoms with Crippen molar-refractivity contribution in [2.75, 3.05) is 26.8 Å².